The fraction of sp³-hybridized carbons (Fsp3) is 0.0909. The Hall–Kier alpha value is -1.19. The van der Waals surface area contributed by atoms with Gasteiger partial charge in [-0.2, -0.15) is 0 Å². The molecule has 0 saturated carbocycles. The Morgan fingerprint density at radius 3 is 2.71 bits per heavy atom. The third-order valence-electron chi connectivity index (χ3n) is 2.32. The van der Waals surface area contributed by atoms with Gasteiger partial charge in [-0.3, -0.25) is 4.18 Å². The lowest BCUT2D eigenvalue weighted by molar-refractivity contribution is 0.311. The summed E-state index contributed by atoms with van der Waals surface area (Å²) in [6.07, 6.45) is 0. The zero-order valence-corrected chi connectivity index (χ0v) is 8.21. The van der Waals surface area contributed by atoms with E-state index in [9.17, 15) is 0 Å². The Morgan fingerprint density at radius 1 is 1.07 bits per heavy atom. The van der Waals surface area contributed by atoms with Gasteiger partial charge in [0.2, 0.25) is 12.3 Å². The second-order valence-electron chi connectivity index (χ2n) is 3.22. The molecule has 0 fully saturated rings. The van der Waals surface area contributed by atoms with Crippen LogP contribution in [0.3, 0.4) is 0 Å². The van der Waals surface area contributed by atoms with Crippen molar-refractivity contribution in [2.24, 2.45) is 0 Å². The van der Waals surface area contributed by atoms with Gasteiger partial charge in [-0.25, -0.2) is 0 Å². The smallest absolute Gasteiger partial charge is 0.225 e. The van der Waals surface area contributed by atoms with Crippen molar-refractivity contribution >= 4 is 23.1 Å². The average molecular weight is 204 g/mol. The van der Waals surface area contributed by atoms with Gasteiger partial charge < -0.3 is 4.18 Å². The van der Waals surface area contributed by atoms with Crippen LogP contribution >= 0.6 is 12.3 Å². The van der Waals surface area contributed by atoms with E-state index >= 15 is 0 Å². The van der Waals surface area contributed by atoms with E-state index in [4.69, 9.17) is 8.37 Å². The van der Waals surface area contributed by atoms with Crippen molar-refractivity contribution in [1.82, 2.24) is 0 Å². The van der Waals surface area contributed by atoms with Crippen LogP contribution in [0.5, 0.6) is 5.75 Å². The van der Waals surface area contributed by atoms with Gasteiger partial charge in [-0.1, -0.05) is 24.3 Å². The van der Waals surface area contributed by atoms with Crippen LogP contribution in [0.15, 0.2) is 36.4 Å². The topological polar surface area (TPSA) is 18.5 Å². The Balaban J connectivity index is 2.27. The first-order valence-corrected chi connectivity index (χ1v) is 5.08. The highest BCUT2D eigenvalue weighted by molar-refractivity contribution is 7.90. The van der Waals surface area contributed by atoms with E-state index in [1.165, 1.54) is 10.8 Å². The molecule has 0 aliphatic carbocycles. The van der Waals surface area contributed by atoms with Gasteiger partial charge in [-0.05, 0) is 22.9 Å². The summed E-state index contributed by atoms with van der Waals surface area (Å²) in [6, 6.07) is 12.4. The summed E-state index contributed by atoms with van der Waals surface area (Å²) in [7, 11) is 0. The number of hydrogen-bond acceptors (Lipinski definition) is 3. The lowest BCUT2D eigenvalue weighted by Crippen LogP contribution is -1.99. The summed E-state index contributed by atoms with van der Waals surface area (Å²) in [4.78, 5) is 0. The highest BCUT2D eigenvalue weighted by atomic mass is 32.2. The largest absolute Gasteiger partial charge is 0.400 e. The Kier molecular flexibility index (Phi) is 1.85. The number of hydrogen-bond donors (Lipinski definition) is 0. The predicted molar refractivity (Wildman–Crippen MR) is 57.0 cm³/mol. The molecule has 3 rings (SSSR count). The zero-order chi connectivity index (χ0) is 9.38. The summed E-state index contributed by atoms with van der Waals surface area (Å²) < 4.78 is 10.5. The number of benzene rings is 2. The minimum absolute atomic E-state index is 0.616. The highest BCUT2D eigenvalue weighted by Gasteiger charge is 2.12. The lowest BCUT2D eigenvalue weighted by Gasteiger charge is -2.15. The molecule has 0 amide bonds. The summed E-state index contributed by atoms with van der Waals surface area (Å²) in [5.74, 6) is 0.917. The quantitative estimate of drug-likeness (QED) is 0.613. The molecule has 2 aromatic carbocycles. The molecule has 0 bridgehead atoms. The van der Waals surface area contributed by atoms with E-state index in [2.05, 4.69) is 24.3 Å². The molecule has 0 atom stereocenters. The standard InChI is InChI=1S/C11H8O2S/c1-2-4-9-6-11-10(5-8(9)3-1)7-12-14-13-11/h1-6H,7H2. The maximum atomic E-state index is 5.33. The molecule has 0 aromatic heterocycles. The summed E-state index contributed by atoms with van der Waals surface area (Å²) in [5, 5.41) is 2.43. The molecule has 2 nitrogen and oxygen atoms in total. The monoisotopic (exact) mass is 204 g/mol. The van der Waals surface area contributed by atoms with Gasteiger partial charge in [0, 0.05) is 5.56 Å². The van der Waals surface area contributed by atoms with Crippen molar-refractivity contribution in [2.45, 2.75) is 6.61 Å². The van der Waals surface area contributed by atoms with Crippen molar-refractivity contribution in [3.8, 4) is 5.75 Å². The van der Waals surface area contributed by atoms with Gasteiger partial charge in [0.25, 0.3) is 0 Å². The molecule has 0 radical (unpaired) electrons. The van der Waals surface area contributed by atoms with Crippen molar-refractivity contribution in [1.29, 1.82) is 0 Å². The van der Waals surface area contributed by atoms with Crippen LogP contribution in [0, 0.1) is 0 Å². The maximum Gasteiger partial charge on any atom is 0.225 e. The fourth-order valence-corrected chi connectivity index (χ4v) is 2.06. The van der Waals surface area contributed by atoms with Crippen molar-refractivity contribution in [3.63, 3.8) is 0 Å². The summed E-state index contributed by atoms with van der Waals surface area (Å²) >= 11 is 1.05. The molecule has 3 heteroatoms. The highest BCUT2D eigenvalue weighted by Crippen LogP contribution is 2.33. The molecule has 0 N–H and O–H groups in total. The van der Waals surface area contributed by atoms with Crippen LogP contribution in [-0.2, 0) is 10.8 Å². The van der Waals surface area contributed by atoms with E-state index < -0.39 is 0 Å². The molecule has 1 heterocycles. The molecular weight excluding hydrogens is 196 g/mol. The first-order valence-electron chi connectivity index (χ1n) is 4.41. The normalized spacial score (nSPS) is 14.9. The second kappa shape index (κ2) is 3.19. The van der Waals surface area contributed by atoms with E-state index in [1.807, 2.05) is 12.1 Å². The summed E-state index contributed by atoms with van der Waals surface area (Å²) in [5.41, 5.74) is 1.11. The van der Waals surface area contributed by atoms with Crippen molar-refractivity contribution in [2.75, 3.05) is 0 Å². The van der Waals surface area contributed by atoms with E-state index in [1.54, 1.807) is 0 Å². The van der Waals surface area contributed by atoms with E-state index in [-0.39, 0.29) is 0 Å². The molecule has 0 unspecified atom stereocenters. The predicted octanol–water partition coefficient (Wildman–Crippen LogP) is 3.31. The third-order valence-corrected chi connectivity index (χ3v) is 2.78. The maximum absolute atomic E-state index is 5.33. The minimum atomic E-state index is 0.616. The molecule has 14 heavy (non-hydrogen) atoms. The first kappa shape index (κ1) is 8.15. The van der Waals surface area contributed by atoms with Crippen molar-refractivity contribution < 1.29 is 8.37 Å². The Labute approximate surface area is 86.2 Å². The van der Waals surface area contributed by atoms with Crippen LogP contribution in [0.4, 0.5) is 0 Å². The lowest BCUT2D eigenvalue weighted by atomic mass is 10.1. The second-order valence-corrected chi connectivity index (χ2v) is 3.76. The van der Waals surface area contributed by atoms with Gasteiger partial charge in [0.15, 0.2) is 0 Å². The molecule has 1 aliphatic heterocycles. The molecule has 70 valence electrons. The summed E-state index contributed by atoms with van der Waals surface area (Å²) in [6.45, 7) is 0.616. The van der Waals surface area contributed by atoms with Gasteiger partial charge in [0.05, 0.1) is 6.61 Å². The minimum Gasteiger partial charge on any atom is -0.400 e. The van der Waals surface area contributed by atoms with Crippen LogP contribution in [0.25, 0.3) is 10.8 Å². The Bertz CT molecular complexity index is 437. The van der Waals surface area contributed by atoms with E-state index in [0.29, 0.717) is 6.61 Å². The van der Waals surface area contributed by atoms with Gasteiger partial charge >= 0.3 is 0 Å². The van der Waals surface area contributed by atoms with Crippen LogP contribution < -0.4 is 4.18 Å². The average Bonchev–Trinajstić information content (AvgIpc) is 2.26. The number of fused-ring (bicyclic) bond motifs is 2. The number of rotatable bonds is 0. The zero-order valence-electron chi connectivity index (χ0n) is 7.40. The first-order chi connectivity index (χ1) is 6.93. The molecule has 0 saturated heterocycles. The van der Waals surface area contributed by atoms with Crippen LogP contribution in [0.1, 0.15) is 5.56 Å². The van der Waals surface area contributed by atoms with Gasteiger partial charge in [-0.15, -0.1) is 0 Å². The Morgan fingerprint density at radius 2 is 1.86 bits per heavy atom. The fourth-order valence-electron chi connectivity index (χ4n) is 1.61. The third kappa shape index (κ3) is 1.25. The molecule has 1 aliphatic rings. The van der Waals surface area contributed by atoms with Crippen LogP contribution in [0.2, 0.25) is 0 Å². The SMILES string of the molecule is c1ccc2cc3c(cc2c1)COSO3. The van der Waals surface area contributed by atoms with Gasteiger partial charge in [0.1, 0.15) is 5.75 Å². The molecule has 0 spiro atoms. The van der Waals surface area contributed by atoms with Crippen molar-refractivity contribution in [3.05, 3.63) is 42.0 Å². The molecule has 2 aromatic rings. The van der Waals surface area contributed by atoms with Crippen LogP contribution in [-0.4, -0.2) is 0 Å². The molecular formula is C11H8O2S. The van der Waals surface area contributed by atoms with E-state index in [0.717, 1.165) is 23.6 Å².